The molecule has 2 aromatic heterocycles. The number of halogens is 1. The first-order chi connectivity index (χ1) is 11.2. The fourth-order valence-electron chi connectivity index (χ4n) is 1.90. The molecule has 23 heavy (non-hydrogen) atoms. The number of carbonyl (C=O) groups is 1. The average molecular weight is 394 g/mol. The predicted molar refractivity (Wildman–Crippen MR) is 89.6 cm³/mol. The van der Waals surface area contributed by atoms with Crippen LogP contribution in [0.25, 0.3) is 10.8 Å². The second-order valence-electron chi connectivity index (χ2n) is 4.55. The van der Waals surface area contributed by atoms with Crippen molar-refractivity contribution in [2.24, 2.45) is 0 Å². The van der Waals surface area contributed by atoms with Crippen LogP contribution in [0.2, 0.25) is 0 Å². The molecule has 1 aromatic carbocycles. The summed E-state index contributed by atoms with van der Waals surface area (Å²) in [6.45, 7) is 0.0529. The second-order valence-corrected chi connectivity index (χ2v) is 6.35. The van der Waals surface area contributed by atoms with Gasteiger partial charge in [0.25, 0.3) is 0 Å². The van der Waals surface area contributed by atoms with Gasteiger partial charge in [-0.25, -0.2) is 9.78 Å². The number of carbonyl (C=O) groups excluding carboxylic acids is 1. The highest BCUT2D eigenvalue weighted by molar-refractivity contribution is 9.10. The maximum atomic E-state index is 12.1. The Hall–Kier alpha value is -2.12. The van der Waals surface area contributed by atoms with Crippen LogP contribution in [0, 0.1) is 0 Å². The molecule has 5 nitrogen and oxygen atoms in total. The topological polar surface area (TPSA) is 61.6 Å². The van der Waals surface area contributed by atoms with Crippen LogP contribution in [0.4, 0.5) is 0 Å². The van der Waals surface area contributed by atoms with E-state index in [1.807, 2.05) is 17.5 Å². The molecule has 7 heteroatoms. The van der Waals surface area contributed by atoms with E-state index in [2.05, 4.69) is 20.9 Å². The zero-order valence-electron chi connectivity index (χ0n) is 12.1. The Morgan fingerprint density at radius 2 is 2.26 bits per heavy atom. The van der Waals surface area contributed by atoms with Gasteiger partial charge >= 0.3 is 5.97 Å². The van der Waals surface area contributed by atoms with E-state index >= 15 is 0 Å². The molecule has 0 bridgehead atoms. The van der Waals surface area contributed by atoms with Gasteiger partial charge in [-0.3, -0.25) is 0 Å². The van der Waals surface area contributed by atoms with Crippen LogP contribution in [-0.4, -0.2) is 18.1 Å². The third kappa shape index (κ3) is 3.62. The molecule has 0 aliphatic rings. The summed E-state index contributed by atoms with van der Waals surface area (Å²) in [4.78, 5) is 17.3. The molecule has 0 spiro atoms. The van der Waals surface area contributed by atoms with E-state index in [-0.39, 0.29) is 6.61 Å². The van der Waals surface area contributed by atoms with Crippen molar-refractivity contribution in [2.75, 3.05) is 7.11 Å². The molecule has 0 saturated heterocycles. The molecule has 0 N–H and O–H groups in total. The van der Waals surface area contributed by atoms with Crippen molar-refractivity contribution in [1.82, 2.24) is 4.98 Å². The Morgan fingerprint density at radius 3 is 2.96 bits per heavy atom. The van der Waals surface area contributed by atoms with E-state index in [4.69, 9.17) is 13.9 Å². The second kappa shape index (κ2) is 6.97. The molecule has 0 atom stereocenters. The SMILES string of the molecule is COc1ccc(C(=O)OCc2coc(-c3cccs3)n2)cc1Br. The number of methoxy groups -OCH3 is 1. The van der Waals surface area contributed by atoms with Gasteiger partial charge in [-0.1, -0.05) is 6.07 Å². The Morgan fingerprint density at radius 1 is 1.39 bits per heavy atom. The minimum absolute atomic E-state index is 0.0529. The highest BCUT2D eigenvalue weighted by Gasteiger charge is 2.13. The zero-order valence-corrected chi connectivity index (χ0v) is 14.5. The van der Waals surface area contributed by atoms with E-state index in [0.29, 0.717) is 27.4 Å². The van der Waals surface area contributed by atoms with Crippen LogP contribution >= 0.6 is 27.3 Å². The van der Waals surface area contributed by atoms with Crippen LogP contribution in [0.1, 0.15) is 16.1 Å². The van der Waals surface area contributed by atoms with Crippen LogP contribution in [0.15, 0.2) is 50.9 Å². The van der Waals surface area contributed by atoms with Crippen molar-refractivity contribution in [3.63, 3.8) is 0 Å². The van der Waals surface area contributed by atoms with Crippen LogP contribution < -0.4 is 4.74 Å². The van der Waals surface area contributed by atoms with Crippen molar-refractivity contribution in [1.29, 1.82) is 0 Å². The van der Waals surface area contributed by atoms with Crippen molar-refractivity contribution in [3.8, 4) is 16.5 Å². The number of rotatable bonds is 5. The minimum atomic E-state index is -0.436. The van der Waals surface area contributed by atoms with Gasteiger partial charge in [0.2, 0.25) is 5.89 Å². The maximum Gasteiger partial charge on any atom is 0.338 e. The van der Waals surface area contributed by atoms with Gasteiger partial charge in [-0.05, 0) is 45.6 Å². The standard InChI is InChI=1S/C16H12BrNO4S/c1-20-13-5-4-10(7-12(13)17)16(19)22-9-11-8-21-15(18-11)14-3-2-6-23-14/h2-8H,9H2,1H3. The maximum absolute atomic E-state index is 12.1. The summed E-state index contributed by atoms with van der Waals surface area (Å²) < 4.78 is 16.5. The number of ether oxygens (including phenoxy) is 2. The number of thiophene rings is 1. The van der Waals surface area contributed by atoms with Crippen molar-refractivity contribution in [3.05, 3.63) is 57.7 Å². The lowest BCUT2D eigenvalue weighted by Gasteiger charge is -2.06. The van der Waals surface area contributed by atoms with E-state index in [0.717, 1.165) is 4.88 Å². The summed E-state index contributed by atoms with van der Waals surface area (Å²) in [7, 11) is 1.56. The van der Waals surface area contributed by atoms with Gasteiger partial charge in [-0.15, -0.1) is 11.3 Å². The molecule has 0 unspecified atom stereocenters. The Labute approximate surface area is 145 Å². The molecule has 0 amide bonds. The molecule has 0 fully saturated rings. The Kier molecular flexibility index (Phi) is 4.78. The Balaban J connectivity index is 1.64. The lowest BCUT2D eigenvalue weighted by molar-refractivity contribution is 0.0467. The third-order valence-corrected chi connectivity index (χ3v) is 4.50. The van der Waals surface area contributed by atoms with Gasteiger partial charge < -0.3 is 13.9 Å². The average Bonchev–Trinajstić information content (AvgIpc) is 3.23. The Bertz CT molecular complexity index is 813. The normalized spacial score (nSPS) is 10.5. The van der Waals surface area contributed by atoms with Crippen molar-refractivity contribution < 1.29 is 18.7 Å². The van der Waals surface area contributed by atoms with Gasteiger partial charge in [0.1, 0.15) is 24.3 Å². The molecule has 3 rings (SSSR count). The number of hydrogen-bond acceptors (Lipinski definition) is 6. The fraction of sp³-hybridized carbons (Fsp3) is 0.125. The van der Waals surface area contributed by atoms with Crippen LogP contribution in [-0.2, 0) is 11.3 Å². The third-order valence-electron chi connectivity index (χ3n) is 3.02. The first kappa shape index (κ1) is 15.8. The van der Waals surface area contributed by atoms with Gasteiger partial charge in [0, 0.05) is 0 Å². The quantitative estimate of drug-likeness (QED) is 0.595. The first-order valence-corrected chi connectivity index (χ1v) is 8.33. The highest BCUT2D eigenvalue weighted by atomic mass is 79.9. The summed E-state index contributed by atoms with van der Waals surface area (Å²) in [5, 5.41) is 1.95. The molecule has 0 aliphatic carbocycles. The van der Waals surface area contributed by atoms with Gasteiger partial charge in [-0.2, -0.15) is 0 Å². The molecule has 118 valence electrons. The molecular weight excluding hydrogens is 382 g/mol. The van der Waals surface area contributed by atoms with Crippen molar-refractivity contribution in [2.45, 2.75) is 6.61 Å². The zero-order chi connectivity index (χ0) is 16.2. The van der Waals surface area contributed by atoms with Gasteiger partial charge in [0.15, 0.2) is 0 Å². The largest absolute Gasteiger partial charge is 0.496 e. The van der Waals surface area contributed by atoms with E-state index in [9.17, 15) is 4.79 Å². The predicted octanol–water partition coefficient (Wildman–Crippen LogP) is 4.53. The lowest BCUT2D eigenvalue weighted by Crippen LogP contribution is -2.05. The first-order valence-electron chi connectivity index (χ1n) is 6.66. The summed E-state index contributed by atoms with van der Waals surface area (Å²) in [6, 6.07) is 8.84. The van der Waals surface area contributed by atoms with E-state index in [1.54, 1.807) is 25.3 Å². The number of oxazole rings is 1. The number of esters is 1. The fourth-order valence-corrected chi connectivity index (χ4v) is 3.10. The number of aromatic nitrogens is 1. The summed E-state index contributed by atoms with van der Waals surface area (Å²) in [5.41, 5.74) is 0.994. The number of benzene rings is 1. The summed E-state index contributed by atoms with van der Waals surface area (Å²) in [5.74, 6) is 0.742. The monoisotopic (exact) mass is 393 g/mol. The molecule has 0 radical (unpaired) electrons. The van der Waals surface area contributed by atoms with E-state index < -0.39 is 5.97 Å². The van der Waals surface area contributed by atoms with Crippen molar-refractivity contribution >= 4 is 33.2 Å². The molecule has 2 heterocycles. The van der Waals surface area contributed by atoms with Gasteiger partial charge in [0.05, 0.1) is 22.0 Å². The molecule has 0 saturated carbocycles. The highest BCUT2D eigenvalue weighted by Crippen LogP contribution is 2.26. The number of hydrogen-bond donors (Lipinski definition) is 0. The minimum Gasteiger partial charge on any atom is -0.496 e. The summed E-state index contributed by atoms with van der Waals surface area (Å²) >= 11 is 4.87. The molecular formula is C16H12BrNO4S. The lowest BCUT2D eigenvalue weighted by atomic mass is 10.2. The smallest absolute Gasteiger partial charge is 0.338 e. The van der Waals surface area contributed by atoms with Crippen LogP contribution in [0.3, 0.4) is 0 Å². The molecule has 3 aromatic rings. The molecule has 0 aliphatic heterocycles. The van der Waals surface area contributed by atoms with Crippen LogP contribution in [0.5, 0.6) is 5.75 Å². The van der Waals surface area contributed by atoms with E-state index in [1.165, 1.54) is 17.6 Å². The summed E-state index contributed by atoms with van der Waals surface area (Å²) in [6.07, 6.45) is 1.49. The number of nitrogens with zero attached hydrogens (tertiary/aromatic N) is 1.